The Morgan fingerprint density at radius 3 is 2.06 bits per heavy atom. The Labute approximate surface area is 209 Å². The fraction of sp³-hybridized carbons (Fsp3) is 0.517. The molecule has 4 N–H and O–H groups in total. The molecule has 1 fully saturated rings. The van der Waals surface area contributed by atoms with E-state index < -0.39 is 0 Å². The van der Waals surface area contributed by atoms with E-state index >= 15 is 0 Å². The van der Waals surface area contributed by atoms with Gasteiger partial charge in [0.05, 0.1) is 11.4 Å². The van der Waals surface area contributed by atoms with Crippen LogP contribution in [0.2, 0.25) is 0 Å². The lowest BCUT2D eigenvalue weighted by molar-refractivity contribution is -0.122. The summed E-state index contributed by atoms with van der Waals surface area (Å²) in [7, 11) is 0. The van der Waals surface area contributed by atoms with Crippen LogP contribution in [0.15, 0.2) is 36.4 Å². The number of primary amides is 1. The lowest BCUT2D eigenvalue weighted by Crippen LogP contribution is -2.38. The molecular weight excluding hydrogens is 438 g/mol. The number of carbonyl (C=O) groups is 2. The van der Waals surface area contributed by atoms with E-state index in [-0.39, 0.29) is 28.6 Å². The van der Waals surface area contributed by atoms with Crippen molar-refractivity contribution in [2.75, 3.05) is 23.3 Å². The third-order valence-electron chi connectivity index (χ3n) is 6.84. The van der Waals surface area contributed by atoms with Gasteiger partial charge in [0.1, 0.15) is 5.75 Å². The van der Waals surface area contributed by atoms with E-state index in [4.69, 9.17) is 5.73 Å². The molecule has 6 nitrogen and oxygen atoms in total. The summed E-state index contributed by atoms with van der Waals surface area (Å²) >= 11 is 0. The Kier molecular flexibility index (Phi) is 7.83. The highest BCUT2D eigenvalue weighted by molar-refractivity contribution is 5.94. The Morgan fingerprint density at radius 1 is 1.00 bits per heavy atom. The van der Waals surface area contributed by atoms with E-state index in [9.17, 15) is 14.7 Å². The van der Waals surface area contributed by atoms with Crippen molar-refractivity contribution >= 4 is 23.2 Å². The third-order valence-corrected chi connectivity index (χ3v) is 6.84. The van der Waals surface area contributed by atoms with Crippen molar-refractivity contribution in [1.29, 1.82) is 0 Å². The first-order valence-corrected chi connectivity index (χ1v) is 12.6. The summed E-state index contributed by atoms with van der Waals surface area (Å²) in [5.41, 5.74) is 9.68. The number of hydrogen-bond acceptors (Lipinski definition) is 4. The fourth-order valence-electron chi connectivity index (χ4n) is 4.71. The van der Waals surface area contributed by atoms with E-state index in [1.165, 1.54) is 0 Å². The number of aromatic hydroxyl groups is 1. The summed E-state index contributed by atoms with van der Waals surface area (Å²) in [4.78, 5) is 26.7. The van der Waals surface area contributed by atoms with E-state index in [1.807, 2.05) is 36.4 Å². The second-order valence-corrected chi connectivity index (χ2v) is 11.8. The monoisotopic (exact) mass is 479 g/mol. The Morgan fingerprint density at radius 2 is 1.54 bits per heavy atom. The third kappa shape index (κ3) is 6.56. The van der Waals surface area contributed by atoms with E-state index in [1.54, 1.807) is 0 Å². The molecule has 1 aliphatic heterocycles. The summed E-state index contributed by atoms with van der Waals surface area (Å²) in [5.74, 6) is -0.00149. The number of benzene rings is 2. The Balaban J connectivity index is 1.73. The molecule has 0 radical (unpaired) electrons. The average molecular weight is 480 g/mol. The number of rotatable bonds is 6. The van der Waals surface area contributed by atoms with Gasteiger partial charge in [-0.05, 0) is 58.9 Å². The van der Waals surface area contributed by atoms with Crippen molar-refractivity contribution in [3.8, 4) is 5.75 Å². The number of carbonyl (C=O) groups excluding carboxylic acids is 2. The van der Waals surface area contributed by atoms with Crippen LogP contribution in [0.5, 0.6) is 5.75 Å². The minimum atomic E-state index is -0.232. The standard InChI is InChI=1S/C29H41N3O3/c1-28(2,3)21-17-19(18-22(26(21)34)29(4,5)6)11-12-25(33)31-23-9-7-8-10-24(23)32-15-13-20(14-16-32)27(30)35/h7-10,17-18,20,34H,11-16H2,1-6H3,(H2,30,35)(H,31,33). The molecule has 0 aliphatic carbocycles. The van der Waals surface area contributed by atoms with Gasteiger partial charge in [-0.3, -0.25) is 9.59 Å². The van der Waals surface area contributed by atoms with E-state index in [2.05, 4.69) is 51.8 Å². The molecule has 2 aromatic carbocycles. The maximum absolute atomic E-state index is 13.0. The van der Waals surface area contributed by atoms with Crippen molar-refractivity contribution in [1.82, 2.24) is 0 Å². The quantitative estimate of drug-likeness (QED) is 0.527. The van der Waals surface area contributed by atoms with Gasteiger partial charge in [-0.15, -0.1) is 0 Å². The van der Waals surface area contributed by atoms with Gasteiger partial charge >= 0.3 is 0 Å². The summed E-state index contributed by atoms with van der Waals surface area (Å²) in [5, 5.41) is 14.0. The van der Waals surface area contributed by atoms with E-state index in [0.717, 1.165) is 54.0 Å². The average Bonchev–Trinajstić information content (AvgIpc) is 2.77. The smallest absolute Gasteiger partial charge is 0.224 e. The van der Waals surface area contributed by atoms with Gasteiger partial charge in [0.25, 0.3) is 0 Å². The highest BCUT2D eigenvalue weighted by atomic mass is 16.3. The SMILES string of the molecule is CC(C)(C)c1cc(CCC(=O)Nc2ccccc2N2CCC(C(N)=O)CC2)cc(C(C)(C)C)c1O. The van der Waals surface area contributed by atoms with Crippen molar-refractivity contribution in [2.45, 2.75) is 78.1 Å². The number of aryl methyl sites for hydroxylation is 1. The largest absolute Gasteiger partial charge is 0.507 e. The number of nitrogens with zero attached hydrogens (tertiary/aromatic N) is 1. The van der Waals surface area contributed by atoms with Crippen LogP contribution in [0.25, 0.3) is 0 Å². The number of para-hydroxylation sites is 2. The summed E-state index contributed by atoms with van der Waals surface area (Å²) in [6.45, 7) is 14.0. The number of nitrogens with one attached hydrogen (secondary N) is 1. The van der Waals surface area contributed by atoms with Crippen LogP contribution in [0, 0.1) is 5.92 Å². The summed E-state index contributed by atoms with van der Waals surface area (Å²) in [6, 6.07) is 11.9. The molecule has 0 bridgehead atoms. The normalized spacial score (nSPS) is 15.2. The molecule has 190 valence electrons. The molecule has 0 aromatic heterocycles. The first-order chi connectivity index (χ1) is 16.3. The Bertz CT molecular complexity index is 1040. The van der Waals surface area contributed by atoms with Gasteiger partial charge in [0, 0.05) is 25.4 Å². The second-order valence-electron chi connectivity index (χ2n) is 11.8. The Hall–Kier alpha value is -3.02. The van der Waals surface area contributed by atoms with Crippen LogP contribution in [0.4, 0.5) is 11.4 Å². The topological polar surface area (TPSA) is 95.7 Å². The number of amides is 2. The number of phenolic OH excluding ortho intramolecular Hbond substituents is 1. The zero-order valence-corrected chi connectivity index (χ0v) is 22.1. The van der Waals surface area contributed by atoms with Crippen LogP contribution in [0.3, 0.4) is 0 Å². The molecule has 3 rings (SSSR count). The predicted molar refractivity (Wildman–Crippen MR) is 143 cm³/mol. The van der Waals surface area contributed by atoms with Crippen LogP contribution < -0.4 is 16.0 Å². The molecule has 1 aliphatic rings. The zero-order chi connectivity index (χ0) is 26.0. The molecule has 0 spiro atoms. The maximum Gasteiger partial charge on any atom is 0.224 e. The molecule has 0 saturated carbocycles. The minimum absolute atomic E-state index is 0.0489. The van der Waals surface area contributed by atoms with E-state index in [0.29, 0.717) is 18.6 Å². The number of piperidine rings is 1. The minimum Gasteiger partial charge on any atom is -0.507 e. The van der Waals surface area contributed by atoms with Gasteiger partial charge in [-0.1, -0.05) is 65.8 Å². The summed E-state index contributed by atoms with van der Waals surface area (Å²) < 4.78 is 0. The molecule has 2 amide bonds. The molecule has 1 saturated heterocycles. The van der Waals surface area contributed by atoms with Gasteiger partial charge in [0.2, 0.25) is 11.8 Å². The molecule has 1 heterocycles. The molecular formula is C29H41N3O3. The van der Waals surface area contributed by atoms with Gasteiger partial charge in [0.15, 0.2) is 0 Å². The highest BCUT2D eigenvalue weighted by Crippen LogP contribution is 2.40. The molecule has 0 atom stereocenters. The fourth-order valence-corrected chi connectivity index (χ4v) is 4.71. The first kappa shape index (κ1) is 26.6. The summed E-state index contributed by atoms with van der Waals surface area (Å²) in [6.07, 6.45) is 2.38. The van der Waals surface area contributed by atoms with Crippen molar-refractivity contribution in [2.24, 2.45) is 11.7 Å². The van der Waals surface area contributed by atoms with Crippen molar-refractivity contribution in [3.63, 3.8) is 0 Å². The molecule has 2 aromatic rings. The van der Waals surface area contributed by atoms with Gasteiger partial charge in [-0.25, -0.2) is 0 Å². The van der Waals surface area contributed by atoms with Crippen molar-refractivity contribution in [3.05, 3.63) is 53.1 Å². The van der Waals surface area contributed by atoms with Crippen molar-refractivity contribution < 1.29 is 14.7 Å². The van der Waals surface area contributed by atoms with Gasteiger partial charge in [-0.2, -0.15) is 0 Å². The number of nitrogens with two attached hydrogens (primary N) is 1. The molecule has 6 heteroatoms. The van der Waals surface area contributed by atoms with Crippen LogP contribution in [-0.2, 0) is 26.8 Å². The zero-order valence-electron chi connectivity index (χ0n) is 22.1. The lowest BCUT2D eigenvalue weighted by Gasteiger charge is -2.33. The van der Waals surface area contributed by atoms with Crippen LogP contribution >= 0.6 is 0 Å². The molecule has 0 unspecified atom stereocenters. The predicted octanol–water partition coefficient (Wildman–Crippen LogP) is 5.26. The van der Waals surface area contributed by atoms with Gasteiger partial charge < -0.3 is 21.1 Å². The van der Waals surface area contributed by atoms with Crippen LogP contribution in [0.1, 0.15) is 77.5 Å². The number of hydrogen-bond donors (Lipinski definition) is 3. The van der Waals surface area contributed by atoms with Crippen LogP contribution in [-0.4, -0.2) is 30.0 Å². The molecule has 35 heavy (non-hydrogen) atoms. The second kappa shape index (κ2) is 10.3. The highest BCUT2D eigenvalue weighted by Gasteiger charge is 2.27. The maximum atomic E-state index is 13.0. The number of anilines is 2. The number of phenols is 1. The first-order valence-electron chi connectivity index (χ1n) is 12.6. The lowest BCUT2D eigenvalue weighted by atomic mass is 9.78.